The standard InChI is InChI=1S/C25H34N4O4S/c1-17-18(2)20(4)24(21(5)19(17)3)34(31,32)29-10-8-28(9-11-29)25(30)22-6-7-23(26-16-22)27-12-14-33-15-13-27/h6-7,16H,8-15H2,1-5H3. The van der Waals surface area contributed by atoms with Crippen molar-refractivity contribution in [2.75, 3.05) is 57.4 Å². The van der Waals surface area contributed by atoms with Gasteiger partial charge < -0.3 is 14.5 Å². The Hall–Kier alpha value is -2.49. The summed E-state index contributed by atoms with van der Waals surface area (Å²) in [5, 5.41) is 0. The maximum absolute atomic E-state index is 13.6. The molecule has 9 heteroatoms. The molecule has 0 unspecified atom stereocenters. The van der Waals surface area contributed by atoms with Gasteiger partial charge in [0.1, 0.15) is 5.82 Å². The minimum absolute atomic E-state index is 0.118. The fraction of sp³-hybridized carbons (Fsp3) is 0.520. The highest BCUT2D eigenvalue weighted by Crippen LogP contribution is 2.32. The summed E-state index contributed by atoms with van der Waals surface area (Å²) in [5.74, 6) is 0.720. The molecule has 0 spiro atoms. The van der Waals surface area contributed by atoms with Gasteiger partial charge in [-0.25, -0.2) is 13.4 Å². The third-order valence-electron chi connectivity index (χ3n) is 7.38. The lowest BCUT2D eigenvalue weighted by Crippen LogP contribution is -2.50. The number of nitrogens with zero attached hydrogens (tertiary/aromatic N) is 4. The molecule has 0 saturated carbocycles. The van der Waals surface area contributed by atoms with E-state index in [1.807, 2.05) is 40.7 Å². The maximum atomic E-state index is 13.6. The van der Waals surface area contributed by atoms with Crippen LogP contribution in [0.1, 0.15) is 38.2 Å². The summed E-state index contributed by atoms with van der Waals surface area (Å²) in [6, 6.07) is 3.67. The van der Waals surface area contributed by atoms with E-state index in [0.29, 0.717) is 36.8 Å². The molecule has 1 aromatic carbocycles. The van der Waals surface area contributed by atoms with Gasteiger partial charge in [-0.3, -0.25) is 4.79 Å². The van der Waals surface area contributed by atoms with Crippen molar-refractivity contribution in [2.45, 2.75) is 39.5 Å². The Balaban J connectivity index is 1.45. The number of ether oxygens (including phenoxy) is 1. The van der Waals surface area contributed by atoms with Gasteiger partial charge in [0.05, 0.1) is 23.7 Å². The molecule has 0 bridgehead atoms. The van der Waals surface area contributed by atoms with E-state index in [1.54, 1.807) is 17.2 Å². The number of pyridine rings is 1. The quantitative estimate of drug-likeness (QED) is 0.661. The molecule has 8 nitrogen and oxygen atoms in total. The van der Waals surface area contributed by atoms with Crippen LogP contribution in [0.15, 0.2) is 23.2 Å². The number of aromatic nitrogens is 1. The van der Waals surface area contributed by atoms with Gasteiger partial charge in [0.2, 0.25) is 10.0 Å². The lowest BCUT2D eigenvalue weighted by atomic mass is 9.95. The van der Waals surface area contributed by atoms with Gasteiger partial charge in [0, 0.05) is 45.5 Å². The van der Waals surface area contributed by atoms with Crippen molar-refractivity contribution in [3.05, 3.63) is 51.7 Å². The molecule has 34 heavy (non-hydrogen) atoms. The van der Waals surface area contributed by atoms with Crippen molar-refractivity contribution < 1.29 is 17.9 Å². The molecule has 4 rings (SSSR count). The van der Waals surface area contributed by atoms with Gasteiger partial charge in [-0.15, -0.1) is 0 Å². The first-order valence-electron chi connectivity index (χ1n) is 11.8. The van der Waals surface area contributed by atoms with E-state index in [0.717, 1.165) is 46.7 Å². The summed E-state index contributed by atoms with van der Waals surface area (Å²) in [6.45, 7) is 13.9. The number of hydrogen-bond acceptors (Lipinski definition) is 6. The molecule has 0 N–H and O–H groups in total. The summed E-state index contributed by atoms with van der Waals surface area (Å²) >= 11 is 0. The zero-order valence-corrected chi connectivity index (χ0v) is 21.5. The summed E-state index contributed by atoms with van der Waals surface area (Å²) < 4.78 is 34.0. The van der Waals surface area contributed by atoms with E-state index in [2.05, 4.69) is 9.88 Å². The van der Waals surface area contributed by atoms with Gasteiger partial charge in [0.25, 0.3) is 5.91 Å². The van der Waals surface area contributed by atoms with Crippen LogP contribution in [0.5, 0.6) is 0 Å². The van der Waals surface area contributed by atoms with Gasteiger partial charge in [0.15, 0.2) is 0 Å². The van der Waals surface area contributed by atoms with E-state index in [4.69, 9.17) is 4.74 Å². The fourth-order valence-corrected chi connectivity index (χ4v) is 6.77. The maximum Gasteiger partial charge on any atom is 0.255 e. The molecule has 2 aliphatic heterocycles. The second-order valence-electron chi connectivity index (χ2n) is 9.15. The van der Waals surface area contributed by atoms with E-state index >= 15 is 0 Å². The van der Waals surface area contributed by atoms with E-state index in [9.17, 15) is 13.2 Å². The Morgan fingerprint density at radius 1 is 0.824 bits per heavy atom. The highest BCUT2D eigenvalue weighted by molar-refractivity contribution is 7.89. The first-order chi connectivity index (χ1) is 16.1. The molecule has 1 amide bonds. The zero-order valence-electron chi connectivity index (χ0n) is 20.7. The molecule has 2 aliphatic rings. The van der Waals surface area contributed by atoms with Crippen molar-refractivity contribution in [3.8, 4) is 0 Å². The third kappa shape index (κ3) is 4.44. The zero-order chi connectivity index (χ0) is 24.6. The minimum atomic E-state index is -3.65. The predicted molar refractivity (Wildman–Crippen MR) is 132 cm³/mol. The number of anilines is 1. The smallest absolute Gasteiger partial charge is 0.255 e. The normalized spacial score (nSPS) is 17.8. The van der Waals surface area contributed by atoms with Crippen LogP contribution in [0.25, 0.3) is 0 Å². The van der Waals surface area contributed by atoms with Crippen LogP contribution in [0.4, 0.5) is 5.82 Å². The highest BCUT2D eigenvalue weighted by atomic mass is 32.2. The van der Waals surface area contributed by atoms with Gasteiger partial charge in [-0.2, -0.15) is 4.31 Å². The fourth-order valence-electron chi connectivity index (χ4n) is 4.79. The molecule has 2 fully saturated rings. The molecule has 0 aliphatic carbocycles. The average Bonchev–Trinajstić information content (AvgIpc) is 2.86. The molecular formula is C25H34N4O4S. The number of sulfonamides is 1. The summed E-state index contributed by atoms with van der Waals surface area (Å²) in [7, 11) is -3.65. The number of benzene rings is 1. The largest absolute Gasteiger partial charge is 0.378 e. The van der Waals surface area contributed by atoms with Crippen LogP contribution in [0, 0.1) is 34.6 Å². The SMILES string of the molecule is Cc1c(C)c(C)c(S(=O)(=O)N2CCN(C(=O)c3ccc(N4CCOCC4)nc3)CC2)c(C)c1C. The summed E-state index contributed by atoms with van der Waals surface area (Å²) in [4.78, 5) is 21.8. The van der Waals surface area contributed by atoms with Crippen molar-refractivity contribution in [3.63, 3.8) is 0 Å². The number of morpholine rings is 1. The lowest BCUT2D eigenvalue weighted by Gasteiger charge is -2.35. The molecule has 0 radical (unpaired) electrons. The molecule has 184 valence electrons. The second kappa shape index (κ2) is 9.64. The Bertz CT molecular complexity index is 1150. The van der Waals surface area contributed by atoms with Crippen LogP contribution >= 0.6 is 0 Å². The van der Waals surface area contributed by atoms with Gasteiger partial charge in [-0.1, -0.05) is 0 Å². The van der Waals surface area contributed by atoms with E-state index in [1.165, 1.54) is 4.31 Å². The number of carbonyl (C=O) groups is 1. The molecule has 1 aromatic heterocycles. The van der Waals surface area contributed by atoms with E-state index < -0.39 is 10.0 Å². The van der Waals surface area contributed by atoms with Crippen molar-refractivity contribution in [2.24, 2.45) is 0 Å². The Morgan fingerprint density at radius 2 is 1.38 bits per heavy atom. The minimum Gasteiger partial charge on any atom is -0.378 e. The summed E-state index contributed by atoms with van der Waals surface area (Å²) in [6.07, 6.45) is 1.61. The van der Waals surface area contributed by atoms with E-state index in [-0.39, 0.29) is 19.0 Å². The number of amides is 1. The Morgan fingerprint density at radius 3 is 1.91 bits per heavy atom. The Kier molecular flexibility index (Phi) is 6.98. The first-order valence-corrected chi connectivity index (χ1v) is 13.2. The van der Waals surface area contributed by atoms with Crippen LogP contribution < -0.4 is 4.90 Å². The average molecular weight is 487 g/mol. The molecule has 0 atom stereocenters. The third-order valence-corrected chi connectivity index (χ3v) is 9.56. The highest BCUT2D eigenvalue weighted by Gasteiger charge is 2.33. The van der Waals surface area contributed by atoms with Crippen LogP contribution in [-0.4, -0.2) is 81.0 Å². The van der Waals surface area contributed by atoms with Crippen molar-refractivity contribution in [1.29, 1.82) is 0 Å². The second-order valence-corrected chi connectivity index (χ2v) is 11.0. The monoisotopic (exact) mass is 486 g/mol. The number of carbonyl (C=O) groups excluding carboxylic acids is 1. The number of piperazine rings is 1. The van der Waals surface area contributed by atoms with Crippen LogP contribution in [0.3, 0.4) is 0 Å². The molecule has 2 saturated heterocycles. The summed E-state index contributed by atoms with van der Waals surface area (Å²) in [5.41, 5.74) is 5.31. The first kappa shape index (κ1) is 24.6. The molecule has 3 heterocycles. The molecular weight excluding hydrogens is 452 g/mol. The number of rotatable bonds is 4. The van der Waals surface area contributed by atoms with Gasteiger partial charge in [-0.05, 0) is 74.6 Å². The lowest BCUT2D eigenvalue weighted by molar-refractivity contribution is 0.0697. The van der Waals surface area contributed by atoms with Crippen molar-refractivity contribution in [1.82, 2.24) is 14.2 Å². The topological polar surface area (TPSA) is 83.1 Å². The van der Waals surface area contributed by atoms with Gasteiger partial charge >= 0.3 is 0 Å². The number of hydrogen-bond donors (Lipinski definition) is 0. The van der Waals surface area contributed by atoms with Crippen LogP contribution in [0.2, 0.25) is 0 Å². The predicted octanol–water partition coefficient (Wildman–Crippen LogP) is 2.61. The molecule has 2 aromatic rings. The Labute approximate surface area is 202 Å². The van der Waals surface area contributed by atoms with Crippen molar-refractivity contribution >= 4 is 21.7 Å². The van der Waals surface area contributed by atoms with Crippen LogP contribution in [-0.2, 0) is 14.8 Å².